The number of aromatic nitrogens is 2. The fraction of sp³-hybridized carbons (Fsp3) is 0.308. The van der Waals surface area contributed by atoms with E-state index >= 15 is 0 Å². The average Bonchev–Trinajstić information content (AvgIpc) is 2.71. The highest BCUT2D eigenvalue weighted by Crippen LogP contribution is 2.23. The lowest BCUT2D eigenvalue weighted by atomic mass is 10.3. The van der Waals surface area contributed by atoms with Gasteiger partial charge in [-0.1, -0.05) is 0 Å². The molecule has 2 aromatic rings. The number of aryl methyl sites for hydroxylation is 2. The van der Waals surface area contributed by atoms with Crippen LogP contribution in [0.2, 0.25) is 0 Å². The maximum Gasteiger partial charge on any atom is 0.0597 e. The highest BCUT2D eigenvalue weighted by Gasteiger charge is 2.04. The van der Waals surface area contributed by atoms with Crippen LogP contribution in [-0.2, 0) is 13.1 Å². The summed E-state index contributed by atoms with van der Waals surface area (Å²) >= 11 is 5.85. The Morgan fingerprint density at radius 1 is 1.39 bits per heavy atom. The van der Waals surface area contributed by atoms with Crippen LogP contribution >= 0.6 is 38.5 Å². The average molecular weight is 420 g/mol. The maximum atomic E-state index is 4.44. The van der Waals surface area contributed by atoms with Crippen molar-refractivity contribution in [2.75, 3.05) is 5.32 Å². The largest absolute Gasteiger partial charge is 0.379 e. The van der Waals surface area contributed by atoms with Gasteiger partial charge in [-0.2, -0.15) is 5.10 Å². The molecule has 3 nitrogen and oxygen atoms in total. The molecule has 1 heterocycles. The van der Waals surface area contributed by atoms with E-state index in [-0.39, 0.29) is 0 Å². The highest BCUT2D eigenvalue weighted by atomic mass is 127. The van der Waals surface area contributed by atoms with Crippen LogP contribution in [-0.4, -0.2) is 9.78 Å². The van der Waals surface area contributed by atoms with E-state index in [1.54, 1.807) is 0 Å². The Hall–Kier alpha value is -0.560. The fourth-order valence-electron chi connectivity index (χ4n) is 1.81. The van der Waals surface area contributed by atoms with Gasteiger partial charge in [0.2, 0.25) is 0 Å². The SMILES string of the molecule is CCn1nc(C)cc1CNc1ccc(I)c(Br)c1. The summed E-state index contributed by atoms with van der Waals surface area (Å²) in [7, 11) is 0. The summed E-state index contributed by atoms with van der Waals surface area (Å²) in [5.74, 6) is 0. The van der Waals surface area contributed by atoms with Crippen LogP contribution in [0.5, 0.6) is 0 Å². The predicted molar refractivity (Wildman–Crippen MR) is 86.8 cm³/mol. The third kappa shape index (κ3) is 3.26. The summed E-state index contributed by atoms with van der Waals surface area (Å²) in [5.41, 5.74) is 3.39. The molecule has 0 amide bonds. The van der Waals surface area contributed by atoms with E-state index in [0.29, 0.717) is 0 Å². The summed E-state index contributed by atoms with van der Waals surface area (Å²) in [5, 5.41) is 7.86. The van der Waals surface area contributed by atoms with Gasteiger partial charge < -0.3 is 5.32 Å². The minimum atomic E-state index is 0.793. The zero-order chi connectivity index (χ0) is 13.1. The molecule has 0 bridgehead atoms. The molecule has 0 spiro atoms. The van der Waals surface area contributed by atoms with Gasteiger partial charge in [-0.3, -0.25) is 4.68 Å². The minimum absolute atomic E-state index is 0.793. The molecule has 1 aromatic carbocycles. The monoisotopic (exact) mass is 419 g/mol. The molecule has 0 aliphatic carbocycles. The Balaban J connectivity index is 2.08. The van der Waals surface area contributed by atoms with Crippen molar-refractivity contribution in [1.29, 1.82) is 0 Å². The lowest BCUT2D eigenvalue weighted by Crippen LogP contribution is -2.07. The third-order valence-corrected chi connectivity index (χ3v) is 5.02. The standard InChI is InChI=1S/C13H15BrIN3/c1-3-18-11(6-9(2)17-18)8-16-10-4-5-13(15)12(14)7-10/h4-7,16H,3,8H2,1-2H3. The van der Waals surface area contributed by atoms with E-state index in [1.165, 1.54) is 9.26 Å². The van der Waals surface area contributed by atoms with Gasteiger partial charge >= 0.3 is 0 Å². The predicted octanol–water partition coefficient (Wildman–Crippen LogP) is 4.19. The molecule has 0 fully saturated rings. The van der Waals surface area contributed by atoms with Gasteiger partial charge in [0.05, 0.1) is 17.9 Å². The van der Waals surface area contributed by atoms with E-state index in [2.05, 4.69) is 80.1 Å². The van der Waals surface area contributed by atoms with Crippen LogP contribution in [0.3, 0.4) is 0 Å². The smallest absolute Gasteiger partial charge is 0.0597 e. The number of halogens is 2. The van der Waals surface area contributed by atoms with Crippen molar-refractivity contribution >= 4 is 44.2 Å². The zero-order valence-corrected chi connectivity index (χ0v) is 14.1. The number of rotatable bonds is 4. The van der Waals surface area contributed by atoms with Crippen molar-refractivity contribution in [2.24, 2.45) is 0 Å². The first-order valence-electron chi connectivity index (χ1n) is 5.82. The lowest BCUT2D eigenvalue weighted by Gasteiger charge is -2.09. The number of hydrogen-bond donors (Lipinski definition) is 1. The van der Waals surface area contributed by atoms with Gasteiger partial charge in [-0.05, 0) is 76.6 Å². The Morgan fingerprint density at radius 2 is 2.17 bits per heavy atom. The molecule has 0 aliphatic rings. The highest BCUT2D eigenvalue weighted by molar-refractivity contribution is 14.1. The van der Waals surface area contributed by atoms with E-state index in [9.17, 15) is 0 Å². The maximum absolute atomic E-state index is 4.44. The summed E-state index contributed by atoms with van der Waals surface area (Å²) in [6.07, 6.45) is 0. The topological polar surface area (TPSA) is 29.9 Å². The summed E-state index contributed by atoms with van der Waals surface area (Å²) < 4.78 is 4.37. The molecule has 5 heteroatoms. The second-order valence-corrected chi connectivity index (χ2v) is 6.09. The fourth-order valence-corrected chi connectivity index (χ4v) is 2.53. The van der Waals surface area contributed by atoms with Gasteiger partial charge in [0, 0.05) is 20.3 Å². The molecular weight excluding hydrogens is 405 g/mol. The Bertz CT molecular complexity index is 551. The molecule has 1 aromatic heterocycles. The molecule has 96 valence electrons. The number of nitrogens with zero attached hydrogens (tertiary/aromatic N) is 2. The second kappa shape index (κ2) is 6.06. The van der Waals surface area contributed by atoms with Crippen LogP contribution in [0.15, 0.2) is 28.7 Å². The van der Waals surface area contributed by atoms with E-state index in [4.69, 9.17) is 0 Å². The van der Waals surface area contributed by atoms with E-state index < -0.39 is 0 Å². The normalized spacial score (nSPS) is 10.7. The first-order valence-corrected chi connectivity index (χ1v) is 7.69. The Kier molecular flexibility index (Phi) is 4.66. The van der Waals surface area contributed by atoms with Gasteiger partial charge in [0.1, 0.15) is 0 Å². The molecule has 0 radical (unpaired) electrons. The van der Waals surface area contributed by atoms with Crippen LogP contribution in [0.25, 0.3) is 0 Å². The molecule has 0 atom stereocenters. The molecular formula is C13H15BrIN3. The van der Waals surface area contributed by atoms with Crippen LogP contribution in [0.4, 0.5) is 5.69 Å². The summed E-state index contributed by atoms with van der Waals surface area (Å²) in [6, 6.07) is 8.40. The van der Waals surface area contributed by atoms with Crippen molar-refractivity contribution in [3.05, 3.63) is 43.7 Å². The van der Waals surface area contributed by atoms with Crippen LogP contribution in [0.1, 0.15) is 18.3 Å². The van der Waals surface area contributed by atoms with E-state index in [1.807, 2.05) is 11.6 Å². The van der Waals surface area contributed by atoms with Gasteiger partial charge in [0.15, 0.2) is 0 Å². The first-order chi connectivity index (χ1) is 8.60. The van der Waals surface area contributed by atoms with Crippen molar-refractivity contribution in [3.63, 3.8) is 0 Å². The van der Waals surface area contributed by atoms with Crippen molar-refractivity contribution in [2.45, 2.75) is 26.9 Å². The van der Waals surface area contributed by atoms with Gasteiger partial charge in [0.25, 0.3) is 0 Å². The van der Waals surface area contributed by atoms with Crippen molar-refractivity contribution < 1.29 is 0 Å². The van der Waals surface area contributed by atoms with Gasteiger partial charge in [-0.25, -0.2) is 0 Å². The lowest BCUT2D eigenvalue weighted by molar-refractivity contribution is 0.623. The van der Waals surface area contributed by atoms with Crippen LogP contribution in [0, 0.1) is 10.5 Å². The third-order valence-electron chi connectivity index (χ3n) is 2.68. The molecule has 1 N–H and O–H groups in total. The minimum Gasteiger partial charge on any atom is -0.379 e. The number of nitrogens with one attached hydrogen (secondary N) is 1. The molecule has 0 aliphatic heterocycles. The number of benzene rings is 1. The second-order valence-electron chi connectivity index (χ2n) is 4.08. The van der Waals surface area contributed by atoms with E-state index in [0.717, 1.165) is 28.9 Å². The summed E-state index contributed by atoms with van der Waals surface area (Å²) in [6.45, 7) is 5.83. The molecule has 0 saturated carbocycles. The Morgan fingerprint density at radius 3 is 2.83 bits per heavy atom. The number of hydrogen-bond acceptors (Lipinski definition) is 2. The van der Waals surface area contributed by atoms with Crippen molar-refractivity contribution in [3.8, 4) is 0 Å². The first kappa shape index (κ1) is 13.9. The number of anilines is 1. The van der Waals surface area contributed by atoms with Gasteiger partial charge in [-0.15, -0.1) is 0 Å². The quantitative estimate of drug-likeness (QED) is 0.753. The Labute approximate surface area is 129 Å². The molecule has 0 saturated heterocycles. The van der Waals surface area contributed by atoms with Crippen LogP contribution < -0.4 is 5.32 Å². The zero-order valence-electron chi connectivity index (χ0n) is 10.4. The van der Waals surface area contributed by atoms with Crippen molar-refractivity contribution in [1.82, 2.24) is 9.78 Å². The molecule has 0 unspecified atom stereocenters. The molecule has 2 rings (SSSR count). The summed E-state index contributed by atoms with van der Waals surface area (Å²) in [4.78, 5) is 0. The molecule has 18 heavy (non-hydrogen) atoms.